The van der Waals surface area contributed by atoms with Crippen molar-refractivity contribution in [2.24, 2.45) is 5.92 Å². The standard InChI is InChI=1S/C26H29N5O4/c1-17-23(27-18(2)32)25(31(29-17)20-9-5-4-6-10-20)30-15-13-19(14-16-30)24(33)28-22-12-8-7-11-21(22)26(34)35-3/h4-12,19H,13-16H2,1-3H3,(H,27,32)(H,28,33). The number of anilines is 3. The number of piperidine rings is 1. The van der Waals surface area contributed by atoms with E-state index in [1.807, 2.05) is 41.9 Å². The number of aromatic nitrogens is 2. The average molecular weight is 476 g/mol. The fourth-order valence-electron chi connectivity index (χ4n) is 4.35. The van der Waals surface area contributed by atoms with Crippen molar-refractivity contribution < 1.29 is 19.1 Å². The molecule has 4 rings (SSSR count). The van der Waals surface area contributed by atoms with E-state index in [1.165, 1.54) is 14.0 Å². The lowest BCUT2D eigenvalue weighted by molar-refractivity contribution is -0.120. The fraction of sp³-hybridized carbons (Fsp3) is 0.308. The Kier molecular flexibility index (Phi) is 7.14. The summed E-state index contributed by atoms with van der Waals surface area (Å²) in [7, 11) is 1.31. The summed E-state index contributed by atoms with van der Waals surface area (Å²) in [6, 6.07) is 16.6. The Morgan fingerprint density at radius 2 is 1.63 bits per heavy atom. The van der Waals surface area contributed by atoms with Gasteiger partial charge in [0.1, 0.15) is 5.69 Å². The first-order valence-corrected chi connectivity index (χ1v) is 11.5. The largest absolute Gasteiger partial charge is 0.465 e. The van der Waals surface area contributed by atoms with Crippen LogP contribution in [0.15, 0.2) is 54.6 Å². The summed E-state index contributed by atoms with van der Waals surface area (Å²) < 4.78 is 6.66. The van der Waals surface area contributed by atoms with Gasteiger partial charge in [-0.3, -0.25) is 9.59 Å². The molecule has 9 heteroatoms. The first-order valence-electron chi connectivity index (χ1n) is 11.5. The molecule has 0 atom stereocenters. The van der Waals surface area contributed by atoms with Crippen LogP contribution in [-0.4, -0.2) is 47.8 Å². The highest BCUT2D eigenvalue weighted by Crippen LogP contribution is 2.35. The van der Waals surface area contributed by atoms with E-state index in [0.717, 1.165) is 17.2 Å². The monoisotopic (exact) mass is 475 g/mol. The first-order chi connectivity index (χ1) is 16.9. The van der Waals surface area contributed by atoms with Crippen LogP contribution in [-0.2, 0) is 14.3 Å². The quantitative estimate of drug-likeness (QED) is 0.526. The van der Waals surface area contributed by atoms with E-state index in [9.17, 15) is 14.4 Å². The van der Waals surface area contributed by atoms with Crippen molar-refractivity contribution in [2.75, 3.05) is 35.7 Å². The minimum atomic E-state index is -0.495. The SMILES string of the molecule is COC(=O)c1ccccc1NC(=O)C1CCN(c2c(NC(C)=O)c(C)nn2-c2ccccc2)CC1. The van der Waals surface area contributed by atoms with Gasteiger partial charge in [0.15, 0.2) is 5.82 Å². The van der Waals surface area contributed by atoms with E-state index in [4.69, 9.17) is 9.84 Å². The normalized spacial score (nSPS) is 13.9. The third-order valence-electron chi connectivity index (χ3n) is 6.09. The van der Waals surface area contributed by atoms with Gasteiger partial charge >= 0.3 is 5.97 Å². The second-order valence-corrected chi connectivity index (χ2v) is 8.50. The topological polar surface area (TPSA) is 106 Å². The lowest BCUT2D eigenvalue weighted by atomic mass is 9.95. The maximum absolute atomic E-state index is 13.0. The highest BCUT2D eigenvalue weighted by molar-refractivity contribution is 6.02. The van der Waals surface area contributed by atoms with Gasteiger partial charge in [0.25, 0.3) is 0 Å². The van der Waals surface area contributed by atoms with E-state index in [-0.39, 0.29) is 17.7 Å². The average Bonchev–Trinajstić information content (AvgIpc) is 3.19. The van der Waals surface area contributed by atoms with E-state index in [0.29, 0.717) is 42.9 Å². The van der Waals surface area contributed by atoms with Crippen LogP contribution in [0.5, 0.6) is 0 Å². The Hall–Kier alpha value is -4.14. The molecule has 2 heterocycles. The van der Waals surface area contributed by atoms with Crippen LogP contribution in [0.3, 0.4) is 0 Å². The summed E-state index contributed by atoms with van der Waals surface area (Å²) >= 11 is 0. The molecule has 2 N–H and O–H groups in total. The minimum absolute atomic E-state index is 0.129. The van der Waals surface area contributed by atoms with Crippen molar-refractivity contribution in [3.8, 4) is 5.69 Å². The molecule has 1 saturated heterocycles. The van der Waals surface area contributed by atoms with Gasteiger partial charge < -0.3 is 20.3 Å². The Morgan fingerprint density at radius 1 is 0.971 bits per heavy atom. The third-order valence-corrected chi connectivity index (χ3v) is 6.09. The molecule has 1 aliphatic heterocycles. The Labute approximate surface area is 204 Å². The smallest absolute Gasteiger partial charge is 0.339 e. The van der Waals surface area contributed by atoms with Gasteiger partial charge in [-0.25, -0.2) is 9.48 Å². The van der Waals surface area contributed by atoms with E-state index in [2.05, 4.69) is 15.5 Å². The number of aryl methyl sites for hydroxylation is 1. The van der Waals surface area contributed by atoms with Crippen molar-refractivity contribution in [1.82, 2.24) is 9.78 Å². The number of methoxy groups -OCH3 is 1. The Morgan fingerprint density at radius 3 is 2.29 bits per heavy atom. The first kappa shape index (κ1) is 24.0. The predicted molar refractivity (Wildman–Crippen MR) is 134 cm³/mol. The number of amides is 2. The number of benzene rings is 2. The minimum Gasteiger partial charge on any atom is -0.465 e. The molecule has 0 unspecified atom stereocenters. The highest BCUT2D eigenvalue weighted by atomic mass is 16.5. The van der Waals surface area contributed by atoms with Gasteiger partial charge in [-0.05, 0) is 44.0 Å². The maximum atomic E-state index is 13.0. The number of hydrogen-bond donors (Lipinski definition) is 2. The maximum Gasteiger partial charge on any atom is 0.339 e. The van der Waals surface area contributed by atoms with Crippen LogP contribution in [0.1, 0.15) is 35.8 Å². The number of hydrogen-bond acceptors (Lipinski definition) is 6. The molecule has 0 aliphatic carbocycles. The van der Waals surface area contributed by atoms with Gasteiger partial charge in [-0.15, -0.1) is 0 Å². The molecule has 2 aromatic carbocycles. The van der Waals surface area contributed by atoms with Crippen molar-refractivity contribution in [3.63, 3.8) is 0 Å². The number of nitrogens with zero attached hydrogens (tertiary/aromatic N) is 3. The van der Waals surface area contributed by atoms with Crippen LogP contribution in [0.25, 0.3) is 5.69 Å². The summed E-state index contributed by atoms with van der Waals surface area (Å²) in [4.78, 5) is 39.1. The zero-order valence-electron chi connectivity index (χ0n) is 20.1. The number of ether oxygens (including phenoxy) is 1. The zero-order chi connectivity index (χ0) is 24.9. The van der Waals surface area contributed by atoms with Gasteiger partial charge in [0, 0.05) is 25.9 Å². The predicted octanol–water partition coefficient (Wildman–Crippen LogP) is 3.78. The number of nitrogens with one attached hydrogen (secondary N) is 2. The molecule has 1 fully saturated rings. The molecule has 35 heavy (non-hydrogen) atoms. The molecule has 1 aliphatic rings. The summed E-state index contributed by atoms with van der Waals surface area (Å²) in [6.07, 6.45) is 1.23. The van der Waals surface area contributed by atoms with Gasteiger partial charge in [-0.2, -0.15) is 5.10 Å². The number of carbonyl (C=O) groups excluding carboxylic acids is 3. The molecule has 0 bridgehead atoms. The third kappa shape index (κ3) is 5.18. The van der Waals surface area contributed by atoms with Crippen LogP contribution in [0, 0.1) is 12.8 Å². The van der Waals surface area contributed by atoms with Crippen LogP contribution in [0.2, 0.25) is 0 Å². The van der Waals surface area contributed by atoms with E-state index in [1.54, 1.807) is 24.3 Å². The van der Waals surface area contributed by atoms with Crippen molar-refractivity contribution in [3.05, 3.63) is 65.9 Å². The van der Waals surface area contributed by atoms with Crippen LogP contribution < -0.4 is 15.5 Å². The van der Waals surface area contributed by atoms with Gasteiger partial charge in [-0.1, -0.05) is 30.3 Å². The van der Waals surface area contributed by atoms with Crippen molar-refractivity contribution in [1.29, 1.82) is 0 Å². The van der Waals surface area contributed by atoms with Gasteiger partial charge in [0.2, 0.25) is 11.8 Å². The number of esters is 1. The molecule has 9 nitrogen and oxygen atoms in total. The summed E-state index contributed by atoms with van der Waals surface area (Å²) in [6.45, 7) is 4.57. The molecule has 182 valence electrons. The zero-order valence-corrected chi connectivity index (χ0v) is 20.1. The Balaban J connectivity index is 1.53. The van der Waals surface area contributed by atoms with E-state index < -0.39 is 5.97 Å². The number of carbonyl (C=O) groups is 3. The molecular weight excluding hydrogens is 446 g/mol. The Bertz CT molecular complexity index is 1230. The number of para-hydroxylation sites is 2. The van der Waals surface area contributed by atoms with E-state index >= 15 is 0 Å². The second-order valence-electron chi connectivity index (χ2n) is 8.50. The molecule has 0 saturated carbocycles. The van der Waals surface area contributed by atoms with Crippen molar-refractivity contribution >= 4 is 35.0 Å². The van der Waals surface area contributed by atoms with Crippen molar-refractivity contribution in [2.45, 2.75) is 26.7 Å². The highest BCUT2D eigenvalue weighted by Gasteiger charge is 2.30. The lowest BCUT2D eigenvalue weighted by Gasteiger charge is -2.33. The molecule has 0 spiro atoms. The lowest BCUT2D eigenvalue weighted by Crippen LogP contribution is -2.39. The number of rotatable bonds is 6. The second kappa shape index (κ2) is 10.4. The van der Waals surface area contributed by atoms with Crippen LogP contribution in [0.4, 0.5) is 17.2 Å². The molecule has 1 aromatic heterocycles. The summed E-state index contributed by atoms with van der Waals surface area (Å²) in [5, 5.41) is 10.5. The molecule has 2 amide bonds. The summed E-state index contributed by atoms with van der Waals surface area (Å²) in [5.74, 6) is -0.198. The fourth-order valence-corrected chi connectivity index (χ4v) is 4.35. The van der Waals surface area contributed by atoms with Crippen LogP contribution >= 0.6 is 0 Å². The summed E-state index contributed by atoms with van der Waals surface area (Å²) in [5.41, 5.74) is 3.05. The molecule has 3 aromatic rings. The van der Waals surface area contributed by atoms with Gasteiger partial charge in [0.05, 0.1) is 29.7 Å². The molecule has 0 radical (unpaired) electrons. The molecular formula is C26H29N5O4.